The molecule has 26 heavy (non-hydrogen) atoms. The molecule has 0 saturated heterocycles. The van der Waals surface area contributed by atoms with Crippen LogP contribution < -0.4 is 4.90 Å². The van der Waals surface area contributed by atoms with E-state index in [2.05, 4.69) is 4.98 Å². The SMILES string of the molecule is CN(C)CCN(C(=O)Cc1ccccc1)c1nc2ccc(F)cc2s1.Cl. The Kier molecular flexibility index (Phi) is 7.08. The summed E-state index contributed by atoms with van der Waals surface area (Å²) in [5.41, 5.74) is 1.68. The molecule has 0 aliphatic carbocycles. The summed E-state index contributed by atoms with van der Waals surface area (Å²) in [6.07, 6.45) is 0.318. The number of likely N-dealkylation sites (N-methyl/N-ethyl adjacent to an activating group) is 1. The number of thiazole rings is 1. The number of carbonyl (C=O) groups excluding carboxylic acids is 1. The highest BCUT2D eigenvalue weighted by molar-refractivity contribution is 7.22. The van der Waals surface area contributed by atoms with Crippen LogP contribution >= 0.6 is 23.7 Å². The highest BCUT2D eigenvalue weighted by Crippen LogP contribution is 2.29. The molecule has 2 aromatic carbocycles. The first kappa shape index (κ1) is 20.3. The van der Waals surface area contributed by atoms with Crippen molar-refractivity contribution in [3.8, 4) is 0 Å². The second kappa shape index (κ2) is 9.07. The maximum absolute atomic E-state index is 13.4. The molecule has 3 rings (SSSR count). The van der Waals surface area contributed by atoms with Gasteiger partial charge >= 0.3 is 0 Å². The van der Waals surface area contributed by atoms with Crippen LogP contribution in [0, 0.1) is 5.82 Å². The van der Waals surface area contributed by atoms with Crippen LogP contribution in [-0.4, -0.2) is 43.0 Å². The molecule has 0 aliphatic heterocycles. The van der Waals surface area contributed by atoms with E-state index in [9.17, 15) is 9.18 Å². The average Bonchev–Trinajstić information content (AvgIpc) is 2.98. The molecule has 0 aliphatic rings. The Balaban J connectivity index is 0.00000243. The Bertz CT molecular complexity index is 870. The molecule has 0 saturated carbocycles. The van der Waals surface area contributed by atoms with Crippen molar-refractivity contribution in [2.45, 2.75) is 6.42 Å². The number of benzene rings is 2. The molecule has 4 nitrogen and oxygen atoms in total. The highest BCUT2D eigenvalue weighted by Gasteiger charge is 2.20. The monoisotopic (exact) mass is 393 g/mol. The largest absolute Gasteiger partial charge is 0.308 e. The fourth-order valence-corrected chi connectivity index (χ4v) is 3.53. The van der Waals surface area contributed by atoms with Gasteiger partial charge in [0.15, 0.2) is 5.13 Å². The first-order valence-corrected chi connectivity index (χ1v) is 8.89. The van der Waals surface area contributed by atoms with Crippen molar-refractivity contribution in [2.24, 2.45) is 0 Å². The van der Waals surface area contributed by atoms with E-state index in [1.54, 1.807) is 11.0 Å². The maximum atomic E-state index is 13.4. The number of halogens is 2. The first-order chi connectivity index (χ1) is 12.0. The van der Waals surface area contributed by atoms with Crippen molar-refractivity contribution in [3.05, 3.63) is 59.9 Å². The predicted molar refractivity (Wildman–Crippen MR) is 108 cm³/mol. The summed E-state index contributed by atoms with van der Waals surface area (Å²) in [6.45, 7) is 1.27. The summed E-state index contributed by atoms with van der Waals surface area (Å²) in [5, 5.41) is 0.614. The van der Waals surface area contributed by atoms with Gasteiger partial charge in [-0.15, -0.1) is 12.4 Å². The summed E-state index contributed by atoms with van der Waals surface area (Å²) in [5.74, 6) is -0.300. The van der Waals surface area contributed by atoms with Gasteiger partial charge in [-0.1, -0.05) is 41.7 Å². The first-order valence-electron chi connectivity index (χ1n) is 8.08. The van der Waals surface area contributed by atoms with Gasteiger partial charge in [-0.2, -0.15) is 0 Å². The minimum absolute atomic E-state index is 0. The summed E-state index contributed by atoms with van der Waals surface area (Å²) < 4.78 is 14.2. The molecule has 1 aromatic heterocycles. The number of hydrogen-bond acceptors (Lipinski definition) is 4. The molecule has 0 spiro atoms. The number of nitrogens with zero attached hydrogens (tertiary/aromatic N) is 3. The van der Waals surface area contributed by atoms with Crippen molar-refractivity contribution < 1.29 is 9.18 Å². The van der Waals surface area contributed by atoms with Gasteiger partial charge in [-0.25, -0.2) is 9.37 Å². The van der Waals surface area contributed by atoms with Crippen molar-refractivity contribution >= 4 is 45.0 Å². The van der Waals surface area contributed by atoms with Crippen molar-refractivity contribution in [2.75, 3.05) is 32.1 Å². The van der Waals surface area contributed by atoms with Crippen LogP contribution in [0.25, 0.3) is 10.2 Å². The van der Waals surface area contributed by atoms with Crippen molar-refractivity contribution in [3.63, 3.8) is 0 Å². The van der Waals surface area contributed by atoms with Crippen LogP contribution in [0.3, 0.4) is 0 Å². The Morgan fingerprint density at radius 3 is 2.54 bits per heavy atom. The predicted octanol–water partition coefficient (Wildman–Crippen LogP) is 3.99. The topological polar surface area (TPSA) is 36.4 Å². The van der Waals surface area contributed by atoms with Crippen molar-refractivity contribution in [1.82, 2.24) is 9.88 Å². The summed E-state index contributed by atoms with van der Waals surface area (Å²) >= 11 is 1.35. The lowest BCUT2D eigenvalue weighted by atomic mass is 10.1. The van der Waals surface area contributed by atoms with Gasteiger partial charge in [0.1, 0.15) is 5.82 Å². The van der Waals surface area contributed by atoms with E-state index < -0.39 is 0 Å². The molecule has 138 valence electrons. The molecule has 0 atom stereocenters. The van der Waals surface area contributed by atoms with Gasteiger partial charge in [-0.05, 0) is 37.9 Å². The quantitative estimate of drug-likeness (QED) is 0.635. The summed E-state index contributed by atoms with van der Waals surface area (Å²) in [4.78, 5) is 21.1. The van der Waals surface area contributed by atoms with Crippen LogP contribution in [-0.2, 0) is 11.2 Å². The molecule has 3 aromatic rings. The third-order valence-corrected chi connectivity index (χ3v) is 4.88. The van der Waals surface area contributed by atoms with E-state index in [4.69, 9.17) is 0 Å². The number of amides is 1. The zero-order valence-electron chi connectivity index (χ0n) is 14.7. The normalized spacial score (nSPS) is 10.8. The fraction of sp³-hybridized carbons (Fsp3) is 0.263. The number of fused-ring (bicyclic) bond motifs is 1. The molecule has 0 fully saturated rings. The van der Waals surface area contributed by atoms with Crippen LogP contribution in [0.2, 0.25) is 0 Å². The van der Waals surface area contributed by atoms with Gasteiger partial charge in [0.25, 0.3) is 0 Å². The molecule has 1 amide bonds. The van der Waals surface area contributed by atoms with Crippen LogP contribution in [0.15, 0.2) is 48.5 Å². The number of hydrogen-bond donors (Lipinski definition) is 0. The molecule has 0 unspecified atom stereocenters. The Hall–Kier alpha value is -2.02. The molecular formula is C19H21ClFN3OS. The summed E-state index contributed by atoms with van der Waals surface area (Å²) in [6, 6.07) is 14.2. The molecular weight excluding hydrogens is 373 g/mol. The average molecular weight is 394 g/mol. The van der Waals surface area contributed by atoms with E-state index in [0.29, 0.717) is 23.6 Å². The second-order valence-corrected chi connectivity index (χ2v) is 7.13. The van der Waals surface area contributed by atoms with Crippen LogP contribution in [0.5, 0.6) is 0 Å². The van der Waals surface area contributed by atoms with Gasteiger partial charge in [-0.3, -0.25) is 9.69 Å². The maximum Gasteiger partial charge on any atom is 0.233 e. The van der Waals surface area contributed by atoms with Crippen LogP contribution in [0.1, 0.15) is 5.56 Å². The molecule has 0 N–H and O–H groups in total. The Morgan fingerprint density at radius 1 is 1.12 bits per heavy atom. The van der Waals surface area contributed by atoms with E-state index in [-0.39, 0.29) is 24.1 Å². The van der Waals surface area contributed by atoms with Gasteiger partial charge in [0.05, 0.1) is 16.6 Å². The highest BCUT2D eigenvalue weighted by atomic mass is 35.5. The van der Waals surface area contributed by atoms with Crippen molar-refractivity contribution in [1.29, 1.82) is 0 Å². The molecule has 7 heteroatoms. The minimum atomic E-state index is -0.293. The van der Waals surface area contributed by atoms with Gasteiger partial charge in [0, 0.05) is 13.1 Å². The summed E-state index contributed by atoms with van der Waals surface area (Å²) in [7, 11) is 3.93. The number of anilines is 1. The fourth-order valence-electron chi connectivity index (χ4n) is 2.49. The molecule has 0 bridgehead atoms. The molecule has 0 radical (unpaired) electrons. The van der Waals surface area contributed by atoms with E-state index in [0.717, 1.165) is 16.8 Å². The zero-order valence-corrected chi connectivity index (χ0v) is 16.3. The lowest BCUT2D eigenvalue weighted by Crippen LogP contribution is -2.37. The Morgan fingerprint density at radius 2 is 1.85 bits per heavy atom. The number of rotatable bonds is 6. The van der Waals surface area contributed by atoms with E-state index in [1.165, 1.54) is 23.5 Å². The smallest absolute Gasteiger partial charge is 0.233 e. The minimum Gasteiger partial charge on any atom is -0.308 e. The third-order valence-electron chi connectivity index (χ3n) is 3.84. The lowest BCUT2D eigenvalue weighted by molar-refractivity contribution is -0.118. The number of carbonyl (C=O) groups is 1. The second-order valence-electron chi connectivity index (χ2n) is 6.12. The van der Waals surface area contributed by atoms with Gasteiger partial charge in [0.2, 0.25) is 5.91 Å². The standard InChI is InChI=1S/C19H20FN3OS.ClH/c1-22(2)10-11-23(18(24)12-14-6-4-3-5-7-14)19-21-16-9-8-15(20)13-17(16)25-19;/h3-9,13H,10-12H2,1-2H3;1H. The van der Waals surface area contributed by atoms with Gasteiger partial charge < -0.3 is 4.90 Å². The number of aromatic nitrogens is 1. The van der Waals surface area contributed by atoms with E-state index in [1.807, 2.05) is 49.3 Å². The third kappa shape index (κ3) is 5.00. The molecule has 1 heterocycles. The zero-order chi connectivity index (χ0) is 17.8. The van der Waals surface area contributed by atoms with Crippen LogP contribution in [0.4, 0.5) is 9.52 Å². The Labute approximate surface area is 162 Å². The lowest BCUT2D eigenvalue weighted by Gasteiger charge is -2.22. The van der Waals surface area contributed by atoms with E-state index >= 15 is 0 Å².